The number of hydrogen-bond donors (Lipinski definition) is 1. The van der Waals surface area contributed by atoms with Crippen molar-refractivity contribution >= 4 is 0 Å². The van der Waals surface area contributed by atoms with Crippen molar-refractivity contribution in [2.45, 2.75) is 19.6 Å². The van der Waals surface area contributed by atoms with E-state index in [2.05, 4.69) is 15.2 Å². The third-order valence-electron chi connectivity index (χ3n) is 1.81. The molecule has 0 spiro atoms. The lowest BCUT2D eigenvalue weighted by atomic mass is 10.2. The van der Waals surface area contributed by atoms with E-state index in [-0.39, 0.29) is 0 Å². The van der Waals surface area contributed by atoms with E-state index in [0.717, 1.165) is 0 Å². The highest BCUT2D eigenvalue weighted by Gasteiger charge is 2.12. The second-order valence-electron chi connectivity index (χ2n) is 3.00. The Hall–Kier alpha value is -1.69. The molecule has 1 unspecified atom stereocenters. The summed E-state index contributed by atoms with van der Waals surface area (Å²) in [5.74, 6) is 0.678. The van der Waals surface area contributed by atoms with Crippen LogP contribution in [-0.4, -0.2) is 25.0 Å². The van der Waals surface area contributed by atoms with Crippen LogP contribution in [0.25, 0.3) is 0 Å². The number of nitrogens with zero attached hydrogens (tertiary/aromatic N) is 4. The van der Waals surface area contributed by atoms with Crippen molar-refractivity contribution in [1.29, 1.82) is 0 Å². The molecule has 2 aromatic rings. The zero-order valence-corrected chi connectivity index (χ0v) is 7.66. The number of hydrogen-bond acceptors (Lipinski definition) is 5. The summed E-state index contributed by atoms with van der Waals surface area (Å²) in [5, 5.41) is 17.3. The smallest absolute Gasteiger partial charge is 0.137 e. The topological polar surface area (TPSA) is 77.0 Å². The summed E-state index contributed by atoms with van der Waals surface area (Å²) in [5.41, 5.74) is 0.512. The Morgan fingerprint density at radius 2 is 2.50 bits per heavy atom. The van der Waals surface area contributed by atoms with Gasteiger partial charge in [0.2, 0.25) is 0 Å². The molecule has 1 N–H and O–H groups in total. The summed E-state index contributed by atoms with van der Waals surface area (Å²) < 4.78 is 6.39. The van der Waals surface area contributed by atoms with Gasteiger partial charge in [-0.1, -0.05) is 5.16 Å². The first-order chi connectivity index (χ1) is 6.75. The number of aryl methyl sites for hydroxylation is 1. The molecule has 0 radical (unpaired) electrons. The van der Waals surface area contributed by atoms with Gasteiger partial charge in [0.05, 0.1) is 6.54 Å². The van der Waals surface area contributed by atoms with Gasteiger partial charge in [-0.3, -0.25) is 0 Å². The van der Waals surface area contributed by atoms with Gasteiger partial charge in [0.1, 0.15) is 30.2 Å². The standard InChI is InChI=1S/C8H10N4O2/c1-6-2-7(11-14-6)8(13)3-12-5-9-4-10-12/h2,4-5,8,13H,3H2,1H3. The van der Waals surface area contributed by atoms with Crippen molar-refractivity contribution in [3.8, 4) is 0 Å². The van der Waals surface area contributed by atoms with Crippen molar-refractivity contribution in [2.75, 3.05) is 0 Å². The molecule has 0 saturated heterocycles. The molecule has 2 rings (SSSR count). The minimum atomic E-state index is -0.714. The second kappa shape index (κ2) is 3.59. The van der Waals surface area contributed by atoms with E-state index in [9.17, 15) is 5.11 Å². The SMILES string of the molecule is Cc1cc(C(O)Cn2cncn2)no1. The lowest BCUT2D eigenvalue weighted by Crippen LogP contribution is -2.09. The molecule has 0 aliphatic rings. The second-order valence-corrected chi connectivity index (χ2v) is 3.00. The van der Waals surface area contributed by atoms with E-state index < -0.39 is 6.10 Å². The van der Waals surface area contributed by atoms with Gasteiger partial charge in [-0.2, -0.15) is 5.10 Å². The number of aliphatic hydroxyl groups excluding tert-OH is 1. The van der Waals surface area contributed by atoms with Crippen molar-refractivity contribution in [1.82, 2.24) is 19.9 Å². The van der Waals surface area contributed by atoms with Crippen molar-refractivity contribution in [3.63, 3.8) is 0 Å². The number of rotatable bonds is 3. The summed E-state index contributed by atoms with van der Waals surface area (Å²) in [6.45, 7) is 2.10. The molecule has 2 heterocycles. The van der Waals surface area contributed by atoms with Gasteiger partial charge in [-0.05, 0) is 6.92 Å². The molecule has 6 heteroatoms. The fraction of sp³-hybridized carbons (Fsp3) is 0.375. The van der Waals surface area contributed by atoms with Crippen LogP contribution in [0.5, 0.6) is 0 Å². The van der Waals surface area contributed by atoms with E-state index in [1.807, 2.05) is 0 Å². The monoisotopic (exact) mass is 194 g/mol. The van der Waals surface area contributed by atoms with E-state index in [4.69, 9.17) is 4.52 Å². The van der Waals surface area contributed by atoms with Crippen LogP contribution >= 0.6 is 0 Å². The Labute approximate surface area is 80.2 Å². The Morgan fingerprint density at radius 3 is 3.07 bits per heavy atom. The first-order valence-electron chi connectivity index (χ1n) is 4.19. The first-order valence-corrected chi connectivity index (χ1v) is 4.19. The quantitative estimate of drug-likeness (QED) is 0.760. The molecular formula is C8H10N4O2. The van der Waals surface area contributed by atoms with E-state index >= 15 is 0 Å². The van der Waals surface area contributed by atoms with Crippen molar-refractivity contribution in [2.24, 2.45) is 0 Å². The van der Waals surface area contributed by atoms with Crippen LogP contribution in [0.1, 0.15) is 17.6 Å². The largest absolute Gasteiger partial charge is 0.385 e. The Kier molecular flexibility index (Phi) is 2.28. The molecule has 0 saturated carbocycles. The first kappa shape index (κ1) is 8.89. The van der Waals surface area contributed by atoms with E-state index in [1.54, 1.807) is 13.0 Å². The number of aliphatic hydroxyl groups is 1. The predicted molar refractivity (Wildman–Crippen MR) is 46.2 cm³/mol. The van der Waals surface area contributed by atoms with Crippen LogP contribution in [0.2, 0.25) is 0 Å². The molecule has 0 bridgehead atoms. The Morgan fingerprint density at radius 1 is 1.64 bits per heavy atom. The fourth-order valence-electron chi connectivity index (χ4n) is 1.14. The maximum atomic E-state index is 9.69. The maximum Gasteiger partial charge on any atom is 0.137 e. The molecule has 14 heavy (non-hydrogen) atoms. The highest BCUT2D eigenvalue weighted by molar-refractivity contribution is 5.06. The zero-order valence-electron chi connectivity index (χ0n) is 7.66. The molecule has 1 atom stereocenters. The highest BCUT2D eigenvalue weighted by Crippen LogP contribution is 2.13. The molecule has 74 valence electrons. The highest BCUT2D eigenvalue weighted by atomic mass is 16.5. The Bertz CT molecular complexity index is 395. The third-order valence-corrected chi connectivity index (χ3v) is 1.81. The molecule has 6 nitrogen and oxygen atoms in total. The van der Waals surface area contributed by atoms with Gasteiger partial charge < -0.3 is 9.63 Å². The lowest BCUT2D eigenvalue weighted by molar-refractivity contribution is 0.142. The molecule has 0 fully saturated rings. The van der Waals surface area contributed by atoms with Crippen molar-refractivity contribution < 1.29 is 9.63 Å². The van der Waals surface area contributed by atoms with Crippen molar-refractivity contribution in [3.05, 3.63) is 30.2 Å². The van der Waals surface area contributed by atoms with Crippen LogP contribution in [0.15, 0.2) is 23.2 Å². The Balaban J connectivity index is 2.06. The number of aromatic nitrogens is 4. The minimum Gasteiger partial charge on any atom is -0.385 e. The van der Waals surface area contributed by atoms with Crippen LogP contribution in [0.3, 0.4) is 0 Å². The van der Waals surface area contributed by atoms with Crippen LogP contribution in [-0.2, 0) is 6.54 Å². The fourth-order valence-corrected chi connectivity index (χ4v) is 1.14. The molecule has 0 aliphatic carbocycles. The normalized spacial score (nSPS) is 13.0. The molecule has 2 aromatic heterocycles. The summed E-state index contributed by atoms with van der Waals surface area (Å²) in [7, 11) is 0. The van der Waals surface area contributed by atoms with Crippen LogP contribution in [0.4, 0.5) is 0 Å². The minimum absolute atomic E-state index is 0.325. The summed E-state index contributed by atoms with van der Waals surface area (Å²) in [6.07, 6.45) is 2.24. The summed E-state index contributed by atoms with van der Waals surface area (Å²) in [4.78, 5) is 3.77. The van der Waals surface area contributed by atoms with Gasteiger partial charge in [0.25, 0.3) is 0 Å². The lowest BCUT2D eigenvalue weighted by Gasteiger charge is -2.05. The van der Waals surface area contributed by atoms with E-state index in [0.29, 0.717) is 18.0 Å². The van der Waals surface area contributed by atoms with E-state index in [1.165, 1.54) is 17.3 Å². The van der Waals surface area contributed by atoms with Crippen LogP contribution in [0, 0.1) is 6.92 Å². The average molecular weight is 194 g/mol. The molecule has 0 aliphatic heterocycles. The van der Waals surface area contributed by atoms with Gasteiger partial charge in [0, 0.05) is 6.07 Å². The summed E-state index contributed by atoms with van der Waals surface area (Å²) >= 11 is 0. The molecule has 0 amide bonds. The van der Waals surface area contributed by atoms with Gasteiger partial charge in [-0.25, -0.2) is 9.67 Å². The third kappa shape index (κ3) is 1.80. The summed E-state index contributed by atoms with van der Waals surface area (Å²) in [6, 6.07) is 1.70. The zero-order chi connectivity index (χ0) is 9.97. The average Bonchev–Trinajstić information content (AvgIpc) is 2.75. The van der Waals surface area contributed by atoms with Crippen LogP contribution < -0.4 is 0 Å². The maximum absolute atomic E-state index is 9.69. The van der Waals surface area contributed by atoms with Gasteiger partial charge in [0.15, 0.2) is 0 Å². The van der Waals surface area contributed by atoms with Gasteiger partial charge >= 0.3 is 0 Å². The van der Waals surface area contributed by atoms with Gasteiger partial charge in [-0.15, -0.1) is 0 Å². The predicted octanol–water partition coefficient (Wildman–Crippen LogP) is 0.308. The molecule has 0 aromatic carbocycles. The molecular weight excluding hydrogens is 184 g/mol.